The number of hydrogen-bond donors (Lipinski definition) is 2. The number of carbonyl (C=O) groups is 1. The Morgan fingerprint density at radius 3 is 2.68 bits per heavy atom. The van der Waals surface area contributed by atoms with Crippen molar-refractivity contribution >= 4 is 5.91 Å². The standard InChI is InChI=1S/C22H37N3O3/c1-5-25(6-2)13-14-28-19-11-10-17(15-20(19)27-4)16-24-21(26)18-9-7-8-12-22(18,3)23/h10-11,15,18H,5-9,12-14,16,23H2,1-4H3,(H,24,26). The van der Waals surface area contributed by atoms with Crippen molar-refractivity contribution in [1.82, 2.24) is 10.2 Å². The molecule has 0 saturated heterocycles. The van der Waals surface area contributed by atoms with E-state index < -0.39 is 5.54 Å². The molecule has 158 valence electrons. The first-order valence-corrected chi connectivity index (χ1v) is 10.5. The van der Waals surface area contributed by atoms with Crippen LogP contribution in [0, 0.1) is 5.92 Å². The average Bonchev–Trinajstić information content (AvgIpc) is 2.69. The lowest BCUT2D eigenvalue weighted by atomic mass is 9.74. The normalized spacial score (nSPS) is 22.1. The summed E-state index contributed by atoms with van der Waals surface area (Å²) in [6, 6.07) is 5.81. The molecule has 1 amide bonds. The van der Waals surface area contributed by atoms with Crippen LogP contribution in [-0.2, 0) is 11.3 Å². The SMILES string of the molecule is CCN(CC)CCOc1ccc(CNC(=O)C2CCCCC2(C)N)cc1OC. The van der Waals surface area contributed by atoms with E-state index in [2.05, 4.69) is 24.1 Å². The maximum Gasteiger partial charge on any atom is 0.225 e. The number of nitrogens with one attached hydrogen (secondary N) is 1. The molecule has 1 aromatic carbocycles. The van der Waals surface area contributed by atoms with Crippen molar-refractivity contribution in [3.05, 3.63) is 23.8 Å². The third-order valence-electron chi connectivity index (χ3n) is 5.83. The van der Waals surface area contributed by atoms with Crippen molar-refractivity contribution in [2.24, 2.45) is 11.7 Å². The van der Waals surface area contributed by atoms with Gasteiger partial charge in [0.1, 0.15) is 6.61 Å². The van der Waals surface area contributed by atoms with Crippen molar-refractivity contribution in [2.45, 2.75) is 58.5 Å². The van der Waals surface area contributed by atoms with Crippen molar-refractivity contribution < 1.29 is 14.3 Å². The van der Waals surface area contributed by atoms with Crippen LogP contribution in [0.4, 0.5) is 0 Å². The van der Waals surface area contributed by atoms with Gasteiger partial charge < -0.3 is 25.4 Å². The molecule has 0 heterocycles. The molecule has 6 heteroatoms. The van der Waals surface area contributed by atoms with Crippen molar-refractivity contribution in [1.29, 1.82) is 0 Å². The molecule has 1 saturated carbocycles. The zero-order chi connectivity index (χ0) is 20.6. The monoisotopic (exact) mass is 391 g/mol. The largest absolute Gasteiger partial charge is 0.493 e. The molecule has 0 aliphatic heterocycles. The quantitative estimate of drug-likeness (QED) is 0.641. The number of methoxy groups -OCH3 is 1. The minimum absolute atomic E-state index is 0.0446. The van der Waals surface area contributed by atoms with E-state index in [0.29, 0.717) is 18.9 Å². The molecule has 0 bridgehead atoms. The zero-order valence-corrected chi connectivity index (χ0v) is 17.9. The minimum Gasteiger partial charge on any atom is -0.493 e. The second kappa shape index (κ2) is 10.7. The van der Waals surface area contributed by atoms with Gasteiger partial charge in [-0.1, -0.05) is 32.8 Å². The summed E-state index contributed by atoms with van der Waals surface area (Å²) < 4.78 is 11.4. The fourth-order valence-electron chi connectivity index (χ4n) is 3.87. The van der Waals surface area contributed by atoms with Crippen LogP contribution in [0.3, 0.4) is 0 Å². The predicted octanol–water partition coefficient (Wildman–Crippen LogP) is 2.94. The van der Waals surface area contributed by atoms with Crippen molar-refractivity contribution in [2.75, 3.05) is 33.4 Å². The Morgan fingerprint density at radius 1 is 1.29 bits per heavy atom. The summed E-state index contributed by atoms with van der Waals surface area (Å²) >= 11 is 0. The van der Waals surface area contributed by atoms with Gasteiger partial charge in [-0.25, -0.2) is 0 Å². The molecule has 28 heavy (non-hydrogen) atoms. The van der Waals surface area contributed by atoms with E-state index in [1.807, 2.05) is 25.1 Å². The van der Waals surface area contributed by atoms with Gasteiger partial charge in [0.2, 0.25) is 5.91 Å². The summed E-state index contributed by atoms with van der Waals surface area (Å²) in [4.78, 5) is 14.9. The Balaban J connectivity index is 1.91. The Hall–Kier alpha value is -1.79. The molecule has 0 spiro atoms. The smallest absolute Gasteiger partial charge is 0.225 e. The highest BCUT2D eigenvalue weighted by molar-refractivity contribution is 5.80. The highest BCUT2D eigenvalue weighted by Gasteiger charge is 2.37. The van der Waals surface area contributed by atoms with Crippen molar-refractivity contribution in [3.8, 4) is 11.5 Å². The van der Waals surface area contributed by atoms with Crippen LogP contribution in [-0.4, -0.2) is 49.7 Å². The molecular weight excluding hydrogens is 354 g/mol. The molecule has 0 aromatic heterocycles. The van der Waals surface area contributed by atoms with Crippen LogP contribution in [0.15, 0.2) is 18.2 Å². The van der Waals surface area contributed by atoms with Crippen LogP contribution in [0.1, 0.15) is 52.0 Å². The molecule has 2 rings (SSSR count). The molecule has 1 aromatic rings. The first kappa shape index (κ1) is 22.5. The fourth-order valence-corrected chi connectivity index (χ4v) is 3.87. The van der Waals surface area contributed by atoms with Crippen LogP contribution in [0.2, 0.25) is 0 Å². The summed E-state index contributed by atoms with van der Waals surface area (Å²) in [6.45, 7) is 10.3. The van der Waals surface area contributed by atoms with E-state index in [9.17, 15) is 4.79 Å². The highest BCUT2D eigenvalue weighted by Crippen LogP contribution is 2.32. The number of hydrogen-bond acceptors (Lipinski definition) is 5. The third-order valence-corrected chi connectivity index (χ3v) is 5.83. The van der Waals surface area contributed by atoms with E-state index in [1.165, 1.54) is 0 Å². The second-order valence-corrected chi connectivity index (χ2v) is 7.88. The number of likely N-dealkylation sites (N-methyl/N-ethyl adjacent to an activating group) is 1. The van der Waals surface area contributed by atoms with Crippen LogP contribution < -0.4 is 20.5 Å². The summed E-state index contributed by atoms with van der Waals surface area (Å²) in [5.74, 6) is 1.34. The van der Waals surface area contributed by atoms with Gasteiger partial charge in [-0.3, -0.25) is 4.79 Å². The van der Waals surface area contributed by atoms with Gasteiger partial charge in [0.15, 0.2) is 11.5 Å². The minimum atomic E-state index is -0.414. The Morgan fingerprint density at radius 2 is 2.04 bits per heavy atom. The molecule has 1 fully saturated rings. The second-order valence-electron chi connectivity index (χ2n) is 7.88. The lowest BCUT2D eigenvalue weighted by molar-refractivity contribution is -0.128. The Bertz CT molecular complexity index is 629. The molecule has 2 atom stereocenters. The molecular formula is C22H37N3O3. The first-order valence-electron chi connectivity index (χ1n) is 10.5. The lowest BCUT2D eigenvalue weighted by Crippen LogP contribution is -2.52. The molecule has 2 unspecified atom stereocenters. The highest BCUT2D eigenvalue weighted by atomic mass is 16.5. The molecule has 6 nitrogen and oxygen atoms in total. The maximum absolute atomic E-state index is 12.6. The molecule has 1 aliphatic rings. The van der Waals surface area contributed by atoms with E-state index in [-0.39, 0.29) is 11.8 Å². The van der Waals surface area contributed by atoms with Gasteiger partial charge in [0.25, 0.3) is 0 Å². The van der Waals surface area contributed by atoms with Crippen LogP contribution in [0.25, 0.3) is 0 Å². The molecule has 3 N–H and O–H groups in total. The number of rotatable bonds is 10. The number of nitrogens with zero attached hydrogens (tertiary/aromatic N) is 1. The van der Waals surface area contributed by atoms with E-state index in [1.54, 1.807) is 7.11 Å². The number of amides is 1. The summed E-state index contributed by atoms with van der Waals surface area (Å²) in [6.07, 6.45) is 3.93. The summed E-state index contributed by atoms with van der Waals surface area (Å²) in [7, 11) is 1.64. The van der Waals surface area contributed by atoms with Gasteiger partial charge in [0.05, 0.1) is 13.0 Å². The van der Waals surface area contributed by atoms with Gasteiger partial charge in [-0.05, 0) is 50.6 Å². The van der Waals surface area contributed by atoms with Crippen LogP contribution in [0.5, 0.6) is 11.5 Å². The molecule has 1 aliphatic carbocycles. The van der Waals surface area contributed by atoms with E-state index in [4.69, 9.17) is 15.2 Å². The maximum atomic E-state index is 12.6. The van der Waals surface area contributed by atoms with Gasteiger partial charge in [-0.2, -0.15) is 0 Å². The van der Waals surface area contributed by atoms with Gasteiger partial charge in [-0.15, -0.1) is 0 Å². The average molecular weight is 392 g/mol. The third kappa shape index (κ3) is 6.11. The number of nitrogens with two attached hydrogens (primary N) is 1. The first-order chi connectivity index (χ1) is 13.4. The molecule has 0 radical (unpaired) electrons. The predicted molar refractivity (Wildman–Crippen MR) is 113 cm³/mol. The van der Waals surface area contributed by atoms with E-state index >= 15 is 0 Å². The van der Waals surface area contributed by atoms with Gasteiger partial charge >= 0.3 is 0 Å². The van der Waals surface area contributed by atoms with Crippen LogP contribution >= 0.6 is 0 Å². The van der Waals surface area contributed by atoms with E-state index in [0.717, 1.165) is 56.6 Å². The summed E-state index contributed by atoms with van der Waals surface area (Å²) in [5, 5.41) is 3.05. The number of carbonyl (C=O) groups excluding carboxylic acids is 1. The zero-order valence-electron chi connectivity index (χ0n) is 17.9. The fraction of sp³-hybridized carbons (Fsp3) is 0.682. The topological polar surface area (TPSA) is 76.8 Å². The Labute approximate surface area is 169 Å². The number of benzene rings is 1. The van der Waals surface area contributed by atoms with Crippen molar-refractivity contribution in [3.63, 3.8) is 0 Å². The van der Waals surface area contributed by atoms with Gasteiger partial charge in [0, 0.05) is 18.6 Å². The Kier molecular flexibility index (Phi) is 8.58. The lowest BCUT2D eigenvalue weighted by Gasteiger charge is -2.37. The number of ether oxygens (including phenoxy) is 2. The summed E-state index contributed by atoms with van der Waals surface area (Å²) in [5.41, 5.74) is 6.91.